The van der Waals surface area contributed by atoms with Crippen molar-refractivity contribution in [1.29, 1.82) is 0 Å². The number of aromatic amines is 1. The summed E-state index contributed by atoms with van der Waals surface area (Å²) >= 11 is 0. The molecule has 0 amide bonds. The first-order valence-corrected chi connectivity index (χ1v) is 9.64. The lowest BCUT2D eigenvalue weighted by atomic mass is 10.1. The minimum absolute atomic E-state index is 0.694. The van der Waals surface area contributed by atoms with Gasteiger partial charge in [0.25, 0.3) is 0 Å². The van der Waals surface area contributed by atoms with Crippen molar-refractivity contribution in [1.82, 2.24) is 20.2 Å². The molecule has 28 heavy (non-hydrogen) atoms. The number of H-pyrrole nitrogens is 1. The summed E-state index contributed by atoms with van der Waals surface area (Å²) in [5.41, 5.74) is 3.08. The van der Waals surface area contributed by atoms with E-state index in [2.05, 4.69) is 51.4 Å². The Morgan fingerprint density at radius 1 is 1.04 bits per heavy atom. The van der Waals surface area contributed by atoms with Crippen molar-refractivity contribution >= 4 is 23.1 Å². The van der Waals surface area contributed by atoms with Gasteiger partial charge in [-0.2, -0.15) is 5.10 Å². The second-order valence-electron chi connectivity index (χ2n) is 7.18. The molecule has 0 aliphatic carbocycles. The predicted octanol–water partition coefficient (Wildman–Crippen LogP) is 4.22. The van der Waals surface area contributed by atoms with E-state index in [0.29, 0.717) is 5.82 Å². The first-order chi connectivity index (χ1) is 13.5. The fourth-order valence-electron chi connectivity index (χ4n) is 2.99. The number of nitrogens with one attached hydrogen (secondary N) is 2. The maximum absolute atomic E-state index is 4.87. The number of benzene rings is 1. The van der Waals surface area contributed by atoms with Crippen molar-refractivity contribution in [3.05, 3.63) is 42.1 Å². The van der Waals surface area contributed by atoms with Gasteiger partial charge >= 0.3 is 0 Å². The Balaban J connectivity index is 2.04. The van der Waals surface area contributed by atoms with E-state index in [1.165, 1.54) is 0 Å². The summed E-state index contributed by atoms with van der Waals surface area (Å²) in [5.74, 6) is 3.05. The Hall–Kier alpha value is -3.09. The van der Waals surface area contributed by atoms with Crippen LogP contribution >= 0.6 is 0 Å². The molecular formula is C21H29N7. The number of para-hydroxylation sites is 1. The maximum atomic E-state index is 4.87. The summed E-state index contributed by atoms with van der Waals surface area (Å²) in [4.78, 5) is 13.9. The van der Waals surface area contributed by atoms with Gasteiger partial charge in [-0.1, -0.05) is 25.5 Å². The van der Waals surface area contributed by atoms with Gasteiger partial charge in [-0.3, -0.25) is 5.10 Å². The van der Waals surface area contributed by atoms with Gasteiger partial charge in [-0.15, -0.1) is 0 Å². The van der Waals surface area contributed by atoms with Gasteiger partial charge in [0.2, 0.25) is 0 Å². The number of aromatic nitrogens is 4. The highest BCUT2D eigenvalue weighted by molar-refractivity contribution is 5.76. The maximum Gasteiger partial charge on any atom is 0.165 e. The third-order valence-electron chi connectivity index (χ3n) is 4.54. The number of nitrogens with zero attached hydrogens (tertiary/aromatic N) is 5. The molecule has 148 valence electrons. The van der Waals surface area contributed by atoms with Gasteiger partial charge < -0.3 is 15.1 Å². The second kappa shape index (κ2) is 8.73. The van der Waals surface area contributed by atoms with E-state index in [1.54, 1.807) is 0 Å². The van der Waals surface area contributed by atoms with Crippen LogP contribution in [0.5, 0.6) is 0 Å². The van der Waals surface area contributed by atoms with Crippen molar-refractivity contribution in [2.75, 3.05) is 42.8 Å². The lowest BCUT2D eigenvalue weighted by molar-refractivity contribution is 0.759. The lowest BCUT2D eigenvalue weighted by Crippen LogP contribution is -2.20. The van der Waals surface area contributed by atoms with E-state index >= 15 is 0 Å². The molecule has 0 saturated heterocycles. The normalized spacial score (nSPS) is 10.8. The van der Waals surface area contributed by atoms with Crippen LogP contribution in [0.2, 0.25) is 0 Å². The standard InChI is InChI=1S/C21H29N7/c1-6-7-12-28(5)20-14-18(22-19-13-15(2)25-26-19)23-21(24-20)16-10-8-9-11-17(16)27(3)4/h8-11,13-14H,6-7,12H2,1-5H3,(H2,22,23,24,25,26). The lowest BCUT2D eigenvalue weighted by Gasteiger charge is -2.21. The van der Waals surface area contributed by atoms with Crippen molar-refractivity contribution in [2.45, 2.75) is 26.7 Å². The highest BCUT2D eigenvalue weighted by atomic mass is 15.2. The van der Waals surface area contributed by atoms with E-state index < -0.39 is 0 Å². The Labute approximate surface area is 166 Å². The van der Waals surface area contributed by atoms with Gasteiger partial charge in [0, 0.05) is 56.8 Å². The number of unbranched alkanes of at least 4 members (excludes halogenated alkanes) is 1. The monoisotopic (exact) mass is 379 g/mol. The third-order valence-corrected chi connectivity index (χ3v) is 4.54. The minimum atomic E-state index is 0.694. The fraction of sp³-hybridized carbons (Fsp3) is 0.381. The summed E-state index contributed by atoms with van der Waals surface area (Å²) in [6, 6.07) is 12.1. The van der Waals surface area contributed by atoms with Crippen LogP contribution in [0, 0.1) is 6.92 Å². The molecule has 1 aromatic carbocycles. The van der Waals surface area contributed by atoms with Crippen molar-refractivity contribution in [2.24, 2.45) is 0 Å². The number of aryl methyl sites for hydroxylation is 1. The van der Waals surface area contributed by atoms with Gasteiger partial charge in [0.15, 0.2) is 11.6 Å². The predicted molar refractivity (Wildman–Crippen MR) is 117 cm³/mol. The average Bonchev–Trinajstić information content (AvgIpc) is 3.10. The van der Waals surface area contributed by atoms with E-state index in [1.807, 2.05) is 45.3 Å². The highest BCUT2D eigenvalue weighted by Gasteiger charge is 2.14. The Morgan fingerprint density at radius 3 is 2.50 bits per heavy atom. The summed E-state index contributed by atoms with van der Waals surface area (Å²) in [6.45, 7) is 5.11. The molecule has 0 spiro atoms. The van der Waals surface area contributed by atoms with Crippen LogP contribution in [-0.2, 0) is 0 Å². The van der Waals surface area contributed by atoms with Crippen molar-refractivity contribution < 1.29 is 0 Å². The fourth-order valence-corrected chi connectivity index (χ4v) is 2.99. The SMILES string of the molecule is CCCCN(C)c1cc(Nc2cc(C)[nH]n2)nc(-c2ccccc2N(C)C)n1. The van der Waals surface area contributed by atoms with Gasteiger partial charge in [-0.25, -0.2) is 9.97 Å². The molecule has 0 atom stereocenters. The first kappa shape index (κ1) is 19.7. The quantitative estimate of drug-likeness (QED) is 0.610. The van der Waals surface area contributed by atoms with Gasteiger partial charge in [0.1, 0.15) is 11.6 Å². The molecule has 0 unspecified atom stereocenters. The molecule has 0 aliphatic heterocycles. The second-order valence-corrected chi connectivity index (χ2v) is 7.18. The van der Waals surface area contributed by atoms with Crippen molar-refractivity contribution in [3.63, 3.8) is 0 Å². The van der Waals surface area contributed by atoms with Crippen LogP contribution in [0.1, 0.15) is 25.5 Å². The number of hydrogen-bond acceptors (Lipinski definition) is 6. The van der Waals surface area contributed by atoms with Crippen LogP contribution in [0.3, 0.4) is 0 Å². The molecule has 0 bridgehead atoms. The van der Waals surface area contributed by atoms with E-state index in [0.717, 1.165) is 53.8 Å². The zero-order valence-electron chi connectivity index (χ0n) is 17.3. The number of rotatable bonds is 8. The molecule has 7 heteroatoms. The van der Waals surface area contributed by atoms with Crippen LogP contribution < -0.4 is 15.1 Å². The molecule has 3 rings (SSSR count). The van der Waals surface area contributed by atoms with Gasteiger partial charge in [-0.05, 0) is 25.5 Å². The molecule has 2 heterocycles. The van der Waals surface area contributed by atoms with Crippen LogP contribution in [0.15, 0.2) is 36.4 Å². The molecule has 2 N–H and O–H groups in total. The molecule has 7 nitrogen and oxygen atoms in total. The molecule has 2 aromatic heterocycles. The summed E-state index contributed by atoms with van der Waals surface area (Å²) in [5, 5.41) is 10.5. The molecule has 0 fully saturated rings. The Morgan fingerprint density at radius 2 is 1.82 bits per heavy atom. The van der Waals surface area contributed by atoms with E-state index in [4.69, 9.17) is 9.97 Å². The molecule has 3 aromatic rings. The van der Waals surface area contributed by atoms with E-state index in [9.17, 15) is 0 Å². The molecule has 0 radical (unpaired) electrons. The first-order valence-electron chi connectivity index (χ1n) is 9.64. The van der Waals surface area contributed by atoms with Crippen LogP contribution in [0.4, 0.5) is 23.1 Å². The Kier molecular flexibility index (Phi) is 6.13. The summed E-state index contributed by atoms with van der Waals surface area (Å²) < 4.78 is 0. The average molecular weight is 380 g/mol. The van der Waals surface area contributed by atoms with Crippen LogP contribution in [0.25, 0.3) is 11.4 Å². The summed E-state index contributed by atoms with van der Waals surface area (Å²) in [7, 11) is 6.13. The zero-order chi connectivity index (χ0) is 20.1. The molecule has 0 saturated carbocycles. The number of anilines is 4. The van der Waals surface area contributed by atoms with Gasteiger partial charge in [0.05, 0.1) is 0 Å². The smallest absolute Gasteiger partial charge is 0.165 e. The van der Waals surface area contributed by atoms with E-state index in [-0.39, 0.29) is 0 Å². The summed E-state index contributed by atoms with van der Waals surface area (Å²) in [6.07, 6.45) is 2.26. The number of hydrogen-bond donors (Lipinski definition) is 2. The third kappa shape index (κ3) is 4.60. The largest absolute Gasteiger partial charge is 0.377 e. The molecule has 0 aliphatic rings. The Bertz CT molecular complexity index is 917. The highest BCUT2D eigenvalue weighted by Crippen LogP contribution is 2.30. The zero-order valence-corrected chi connectivity index (χ0v) is 17.3. The van der Waals surface area contributed by atoms with Crippen molar-refractivity contribution in [3.8, 4) is 11.4 Å². The topological polar surface area (TPSA) is 73.0 Å². The molecular weight excluding hydrogens is 350 g/mol. The van der Waals surface area contributed by atoms with Crippen LogP contribution in [-0.4, -0.2) is 47.9 Å². The minimum Gasteiger partial charge on any atom is -0.377 e.